The smallest absolute Gasteiger partial charge is 0.303 e. The molecule has 5 heteroatoms. The van der Waals surface area contributed by atoms with Crippen LogP contribution in [0.5, 0.6) is 0 Å². The predicted octanol–water partition coefficient (Wildman–Crippen LogP) is 4.66. The lowest BCUT2D eigenvalue weighted by Gasteiger charge is -2.45. The SMILES string of the molecule is CC(=O)OC(CCCC(C)C1CCC2C(O)CCCC12C)c1cocn1. The number of oxazole rings is 1. The summed E-state index contributed by atoms with van der Waals surface area (Å²) in [6.07, 6.45) is 11.2. The number of esters is 1. The Kier molecular flexibility index (Phi) is 6.06. The van der Waals surface area contributed by atoms with Crippen molar-refractivity contribution in [2.24, 2.45) is 23.2 Å². The third-order valence-electron chi connectivity index (χ3n) is 7.06. The van der Waals surface area contributed by atoms with Crippen LogP contribution in [0.2, 0.25) is 0 Å². The van der Waals surface area contributed by atoms with Gasteiger partial charge in [-0.3, -0.25) is 4.79 Å². The number of hydrogen-bond donors (Lipinski definition) is 1. The van der Waals surface area contributed by atoms with Crippen molar-refractivity contribution in [3.05, 3.63) is 18.4 Å². The lowest BCUT2D eigenvalue weighted by molar-refractivity contribution is -0.147. The minimum Gasteiger partial charge on any atom is -0.456 e. The second kappa shape index (κ2) is 8.12. The highest BCUT2D eigenvalue weighted by Crippen LogP contribution is 2.58. The van der Waals surface area contributed by atoms with E-state index in [4.69, 9.17) is 9.15 Å². The number of aliphatic hydroxyl groups is 1. The van der Waals surface area contributed by atoms with Gasteiger partial charge in [0.05, 0.1) is 6.10 Å². The Morgan fingerprint density at radius 1 is 1.42 bits per heavy atom. The van der Waals surface area contributed by atoms with Crippen LogP contribution in [0.4, 0.5) is 0 Å². The summed E-state index contributed by atoms with van der Waals surface area (Å²) in [5, 5.41) is 10.4. The van der Waals surface area contributed by atoms with Gasteiger partial charge in [-0.05, 0) is 61.7 Å². The lowest BCUT2D eigenvalue weighted by atomic mass is 9.61. The molecule has 26 heavy (non-hydrogen) atoms. The first-order chi connectivity index (χ1) is 12.4. The highest BCUT2D eigenvalue weighted by Gasteiger charge is 2.51. The molecule has 6 unspecified atom stereocenters. The van der Waals surface area contributed by atoms with Crippen molar-refractivity contribution in [3.8, 4) is 0 Å². The fraction of sp³-hybridized carbons (Fsp3) is 0.810. The maximum absolute atomic E-state index is 11.4. The van der Waals surface area contributed by atoms with Crippen molar-refractivity contribution in [2.45, 2.75) is 84.3 Å². The van der Waals surface area contributed by atoms with E-state index in [1.165, 1.54) is 32.6 Å². The number of rotatable bonds is 7. The van der Waals surface area contributed by atoms with E-state index in [-0.39, 0.29) is 18.2 Å². The molecule has 2 fully saturated rings. The van der Waals surface area contributed by atoms with Crippen molar-refractivity contribution in [2.75, 3.05) is 0 Å². The Balaban J connectivity index is 1.55. The molecule has 3 rings (SSSR count). The zero-order chi connectivity index (χ0) is 18.7. The Morgan fingerprint density at radius 2 is 2.23 bits per heavy atom. The molecule has 2 saturated carbocycles. The van der Waals surface area contributed by atoms with E-state index >= 15 is 0 Å². The molecule has 5 nitrogen and oxygen atoms in total. The maximum atomic E-state index is 11.4. The molecule has 1 aromatic heterocycles. The van der Waals surface area contributed by atoms with Gasteiger partial charge in [0, 0.05) is 6.92 Å². The maximum Gasteiger partial charge on any atom is 0.303 e. The second-order valence-corrected chi connectivity index (χ2v) is 8.68. The largest absolute Gasteiger partial charge is 0.456 e. The van der Waals surface area contributed by atoms with E-state index in [0.717, 1.165) is 32.1 Å². The summed E-state index contributed by atoms with van der Waals surface area (Å²) in [5.74, 6) is 1.49. The first-order valence-corrected chi connectivity index (χ1v) is 10.1. The Morgan fingerprint density at radius 3 is 2.92 bits per heavy atom. The molecular weight excluding hydrogens is 330 g/mol. The van der Waals surface area contributed by atoms with Crippen molar-refractivity contribution >= 4 is 5.97 Å². The molecular formula is C21H33NO4. The molecule has 0 aromatic carbocycles. The summed E-state index contributed by atoms with van der Waals surface area (Å²) < 4.78 is 10.5. The van der Waals surface area contributed by atoms with Gasteiger partial charge < -0.3 is 14.3 Å². The summed E-state index contributed by atoms with van der Waals surface area (Å²) in [6.45, 7) is 6.20. The second-order valence-electron chi connectivity index (χ2n) is 8.68. The molecule has 1 N–H and O–H groups in total. The normalized spacial score (nSPS) is 33.5. The van der Waals surface area contributed by atoms with Crippen LogP contribution in [0.1, 0.15) is 83.9 Å². The van der Waals surface area contributed by atoms with Gasteiger partial charge in [-0.25, -0.2) is 4.98 Å². The van der Waals surface area contributed by atoms with E-state index in [0.29, 0.717) is 28.9 Å². The standard InChI is InChI=1S/C21H33NO4/c1-14(16-9-10-17-19(24)7-5-11-21(16,17)3)6-4-8-20(26-15(2)23)18-12-25-13-22-18/h12-14,16-17,19-20,24H,4-11H2,1-3H3. The summed E-state index contributed by atoms with van der Waals surface area (Å²) in [6, 6.07) is 0. The van der Waals surface area contributed by atoms with E-state index in [2.05, 4.69) is 18.8 Å². The third kappa shape index (κ3) is 3.98. The number of hydrogen-bond acceptors (Lipinski definition) is 5. The van der Waals surface area contributed by atoms with Crippen LogP contribution in [-0.4, -0.2) is 22.2 Å². The molecule has 0 bridgehead atoms. The zero-order valence-corrected chi connectivity index (χ0v) is 16.3. The van der Waals surface area contributed by atoms with Crippen molar-refractivity contribution < 1.29 is 19.1 Å². The fourth-order valence-electron chi connectivity index (χ4n) is 5.80. The number of ether oxygens (including phenoxy) is 1. The molecule has 0 aliphatic heterocycles. The molecule has 0 spiro atoms. The lowest BCUT2D eigenvalue weighted by Crippen LogP contribution is -2.41. The number of fused-ring (bicyclic) bond motifs is 1. The Labute approximate surface area is 156 Å². The molecule has 2 aliphatic rings. The van der Waals surface area contributed by atoms with Crippen LogP contribution in [-0.2, 0) is 9.53 Å². The van der Waals surface area contributed by atoms with Crippen LogP contribution in [0.3, 0.4) is 0 Å². The van der Waals surface area contributed by atoms with Gasteiger partial charge in [-0.1, -0.05) is 26.7 Å². The molecule has 0 radical (unpaired) electrons. The Hall–Kier alpha value is -1.36. The van der Waals surface area contributed by atoms with Crippen LogP contribution >= 0.6 is 0 Å². The van der Waals surface area contributed by atoms with Gasteiger partial charge in [0.1, 0.15) is 18.1 Å². The van der Waals surface area contributed by atoms with Crippen LogP contribution < -0.4 is 0 Å². The van der Waals surface area contributed by atoms with Gasteiger partial charge in [0.2, 0.25) is 0 Å². The highest BCUT2D eigenvalue weighted by atomic mass is 16.5. The van der Waals surface area contributed by atoms with Gasteiger partial charge in [-0.15, -0.1) is 0 Å². The summed E-state index contributed by atoms with van der Waals surface area (Å²) in [7, 11) is 0. The van der Waals surface area contributed by atoms with E-state index in [9.17, 15) is 9.90 Å². The summed E-state index contributed by atoms with van der Waals surface area (Å²) >= 11 is 0. The zero-order valence-electron chi connectivity index (χ0n) is 16.3. The molecule has 146 valence electrons. The Bertz CT molecular complexity index is 587. The van der Waals surface area contributed by atoms with Gasteiger partial charge >= 0.3 is 5.97 Å². The number of aliphatic hydroxyl groups excluding tert-OH is 1. The molecule has 6 atom stereocenters. The van der Waals surface area contributed by atoms with Crippen molar-refractivity contribution in [1.29, 1.82) is 0 Å². The monoisotopic (exact) mass is 363 g/mol. The minimum absolute atomic E-state index is 0.105. The average molecular weight is 363 g/mol. The third-order valence-corrected chi connectivity index (χ3v) is 7.06. The van der Waals surface area contributed by atoms with Gasteiger partial charge in [0.15, 0.2) is 6.39 Å². The fourth-order valence-corrected chi connectivity index (χ4v) is 5.80. The van der Waals surface area contributed by atoms with Crippen molar-refractivity contribution in [3.63, 3.8) is 0 Å². The number of carbonyl (C=O) groups excluding carboxylic acids is 1. The quantitative estimate of drug-likeness (QED) is 0.713. The van der Waals surface area contributed by atoms with Gasteiger partial charge in [-0.2, -0.15) is 0 Å². The predicted molar refractivity (Wildman–Crippen MR) is 98.2 cm³/mol. The summed E-state index contributed by atoms with van der Waals surface area (Å²) in [5.41, 5.74) is 0.981. The highest BCUT2D eigenvalue weighted by molar-refractivity contribution is 5.66. The number of carbonyl (C=O) groups is 1. The van der Waals surface area contributed by atoms with Crippen LogP contribution in [0.15, 0.2) is 17.1 Å². The molecule has 0 saturated heterocycles. The molecule has 2 aliphatic carbocycles. The first-order valence-electron chi connectivity index (χ1n) is 10.1. The first kappa shape index (κ1) is 19.4. The summed E-state index contributed by atoms with van der Waals surface area (Å²) in [4.78, 5) is 15.5. The van der Waals surface area contributed by atoms with Crippen molar-refractivity contribution in [1.82, 2.24) is 4.98 Å². The van der Waals surface area contributed by atoms with E-state index < -0.39 is 0 Å². The van der Waals surface area contributed by atoms with E-state index in [1.54, 1.807) is 6.26 Å². The average Bonchev–Trinajstić information content (AvgIpc) is 3.21. The molecule has 1 heterocycles. The topological polar surface area (TPSA) is 72.6 Å². The molecule has 1 aromatic rings. The van der Waals surface area contributed by atoms with Crippen LogP contribution in [0.25, 0.3) is 0 Å². The number of nitrogens with zero attached hydrogens (tertiary/aromatic N) is 1. The van der Waals surface area contributed by atoms with Gasteiger partial charge in [0.25, 0.3) is 0 Å². The minimum atomic E-state index is -0.318. The van der Waals surface area contributed by atoms with E-state index in [1.807, 2.05) is 0 Å². The number of aromatic nitrogens is 1. The molecule has 0 amide bonds. The van der Waals surface area contributed by atoms with Crippen LogP contribution in [0, 0.1) is 23.2 Å².